The Bertz CT molecular complexity index is 924. The first kappa shape index (κ1) is 20.1. The van der Waals surface area contributed by atoms with Crippen molar-refractivity contribution >= 4 is 29.0 Å². The molecule has 1 amide bonds. The number of ether oxygens (including phenoxy) is 1. The zero-order valence-electron chi connectivity index (χ0n) is 14.6. The first-order valence-corrected chi connectivity index (χ1v) is 8.55. The van der Waals surface area contributed by atoms with Gasteiger partial charge in [-0.2, -0.15) is 0 Å². The second kappa shape index (κ2) is 7.76. The lowest BCUT2D eigenvalue weighted by molar-refractivity contribution is -0.0883. The molecule has 3 rings (SSSR count). The van der Waals surface area contributed by atoms with Crippen molar-refractivity contribution in [1.29, 1.82) is 0 Å². The number of anilines is 1. The van der Waals surface area contributed by atoms with Crippen LogP contribution in [0.5, 0.6) is 0 Å². The van der Waals surface area contributed by atoms with Crippen LogP contribution < -0.4 is 11.1 Å². The largest absolute Gasteiger partial charge is 0.386 e. The molecule has 0 saturated carbocycles. The van der Waals surface area contributed by atoms with Gasteiger partial charge < -0.3 is 15.8 Å². The average Bonchev–Trinajstić information content (AvgIpc) is 2.63. The molecule has 2 atom stereocenters. The summed E-state index contributed by atoms with van der Waals surface area (Å²) >= 11 is 5.74. The predicted molar refractivity (Wildman–Crippen MR) is 98.3 cm³/mol. The number of hydrogen-bond acceptors (Lipinski definition) is 5. The van der Waals surface area contributed by atoms with E-state index in [9.17, 15) is 18.0 Å². The van der Waals surface area contributed by atoms with Gasteiger partial charge in [-0.15, -0.1) is 0 Å². The molecule has 0 saturated heterocycles. The molecule has 1 unspecified atom stereocenters. The van der Waals surface area contributed by atoms with Gasteiger partial charge in [-0.1, -0.05) is 11.6 Å². The minimum absolute atomic E-state index is 0.0291. The van der Waals surface area contributed by atoms with E-state index in [1.165, 1.54) is 37.4 Å². The van der Waals surface area contributed by atoms with Crippen LogP contribution in [0, 0.1) is 5.82 Å². The maximum atomic E-state index is 14.5. The highest BCUT2D eigenvalue weighted by Crippen LogP contribution is 2.39. The highest BCUT2D eigenvalue weighted by Gasteiger charge is 2.46. The number of nitrogens with zero attached hydrogens (tertiary/aromatic N) is 2. The van der Waals surface area contributed by atoms with Crippen molar-refractivity contribution in [3.8, 4) is 0 Å². The number of nitrogens with one attached hydrogen (secondary N) is 1. The molecular weight excluding hydrogens is 397 g/mol. The number of pyridine rings is 1. The first-order chi connectivity index (χ1) is 13.2. The lowest BCUT2D eigenvalue weighted by atomic mass is 9.85. The van der Waals surface area contributed by atoms with Gasteiger partial charge in [0, 0.05) is 17.4 Å². The molecule has 1 aromatic heterocycles. The van der Waals surface area contributed by atoms with E-state index in [2.05, 4.69) is 15.3 Å². The number of hydrogen-bond donors (Lipinski definition) is 2. The standard InChI is InChI=1S/C18H16ClF3N4O2/c1-18(15(16(21)22)28-8-14(23)26-18)11-6-10(3-4-12(11)20)25-17(27)13-5-2-9(19)7-24-13/h2-7,15-16H,8H2,1H3,(H2,23,26)(H,25,27)/t15?,18-/m1/s1. The molecule has 1 aliphatic rings. The molecule has 28 heavy (non-hydrogen) atoms. The number of benzene rings is 1. The van der Waals surface area contributed by atoms with Gasteiger partial charge in [0.15, 0.2) is 0 Å². The summed E-state index contributed by atoms with van der Waals surface area (Å²) in [5.41, 5.74) is 3.95. The van der Waals surface area contributed by atoms with Crippen LogP contribution in [0.1, 0.15) is 23.0 Å². The molecule has 3 N–H and O–H groups in total. The van der Waals surface area contributed by atoms with Crippen molar-refractivity contribution in [3.63, 3.8) is 0 Å². The zero-order valence-corrected chi connectivity index (χ0v) is 15.4. The fraction of sp³-hybridized carbons (Fsp3) is 0.278. The summed E-state index contributed by atoms with van der Waals surface area (Å²) in [4.78, 5) is 20.2. The second-order valence-electron chi connectivity index (χ2n) is 6.33. The summed E-state index contributed by atoms with van der Waals surface area (Å²) in [7, 11) is 0. The molecule has 2 heterocycles. The smallest absolute Gasteiger partial charge is 0.274 e. The minimum Gasteiger partial charge on any atom is -0.386 e. The molecule has 1 aromatic carbocycles. The Morgan fingerprint density at radius 3 is 2.79 bits per heavy atom. The van der Waals surface area contributed by atoms with Crippen molar-refractivity contribution in [2.24, 2.45) is 10.7 Å². The molecule has 0 radical (unpaired) electrons. The Balaban J connectivity index is 1.95. The molecule has 2 aromatic rings. The van der Waals surface area contributed by atoms with Crippen LogP contribution in [0.25, 0.3) is 0 Å². The van der Waals surface area contributed by atoms with Gasteiger partial charge in [0.05, 0.1) is 5.02 Å². The summed E-state index contributed by atoms with van der Waals surface area (Å²) in [5, 5.41) is 2.90. The van der Waals surface area contributed by atoms with Crippen LogP contribution in [0.3, 0.4) is 0 Å². The normalized spacial score (nSPS) is 22.1. The monoisotopic (exact) mass is 412 g/mol. The first-order valence-electron chi connectivity index (χ1n) is 8.17. The summed E-state index contributed by atoms with van der Waals surface area (Å²) in [5.74, 6) is -1.39. The molecule has 0 spiro atoms. The van der Waals surface area contributed by atoms with E-state index in [4.69, 9.17) is 22.1 Å². The van der Waals surface area contributed by atoms with Crippen molar-refractivity contribution in [3.05, 3.63) is 58.6 Å². The van der Waals surface area contributed by atoms with Crippen molar-refractivity contribution in [2.75, 3.05) is 11.9 Å². The third-order valence-corrected chi connectivity index (χ3v) is 4.52. The van der Waals surface area contributed by atoms with Gasteiger partial charge in [-0.3, -0.25) is 9.79 Å². The number of carbonyl (C=O) groups is 1. The lowest BCUT2D eigenvalue weighted by Crippen LogP contribution is -2.49. The van der Waals surface area contributed by atoms with E-state index in [-0.39, 0.29) is 29.4 Å². The number of amides is 1. The van der Waals surface area contributed by atoms with Crippen LogP contribution >= 0.6 is 11.6 Å². The van der Waals surface area contributed by atoms with Crippen LogP contribution in [-0.4, -0.2) is 35.9 Å². The molecule has 6 nitrogen and oxygen atoms in total. The van der Waals surface area contributed by atoms with E-state index < -0.39 is 29.8 Å². The number of alkyl halides is 2. The van der Waals surface area contributed by atoms with Gasteiger partial charge in [0.25, 0.3) is 12.3 Å². The SMILES string of the molecule is C[C@]1(c2cc(NC(=O)c3ccc(Cl)cn3)ccc2F)N=C(N)COC1C(F)F. The summed E-state index contributed by atoms with van der Waals surface area (Å²) in [6, 6.07) is 6.48. The third-order valence-electron chi connectivity index (χ3n) is 4.30. The topological polar surface area (TPSA) is 89.6 Å². The molecule has 148 valence electrons. The molecule has 10 heteroatoms. The predicted octanol–water partition coefficient (Wildman–Crippen LogP) is 3.36. The third kappa shape index (κ3) is 3.95. The Labute approximate surface area is 163 Å². The average molecular weight is 413 g/mol. The Kier molecular flexibility index (Phi) is 5.57. The zero-order chi connectivity index (χ0) is 20.5. The van der Waals surface area contributed by atoms with Gasteiger partial charge in [-0.05, 0) is 37.3 Å². The summed E-state index contributed by atoms with van der Waals surface area (Å²) < 4.78 is 46.6. The van der Waals surface area contributed by atoms with Gasteiger partial charge in [-0.25, -0.2) is 18.2 Å². The maximum absolute atomic E-state index is 14.5. The summed E-state index contributed by atoms with van der Waals surface area (Å²) in [6.07, 6.45) is -3.31. The Morgan fingerprint density at radius 2 is 2.14 bits per heavy atom. The number of rotatable bonds is 4. The van der Waals surface area contributed by atoms with E-state index >= 15 is 0 Å². The summed E-state index contributed by atoms with van der Waals surface area (Å²) in [6.45, 7) is 1.03. The van der Waals surface area contributed by atoms with E-state index in [0.29, 0.717) is 5.02 Å². The van der Waals surface area contributed by atoms with Crippen molar-refractivity contribution in [1.82, 2.24) is 4.98 Å². The number of aliphatic imine (C=N–C) groups is 1. The van der Waals surface area contributed by atoms with Crippen LogP contribution in [-0.2, 0) is 10.3 Å². The van der Waals surface area contributed by atoms with E-state index in [1.807, 2.05) is 0 Å². The highest BCUT2D eigenvalue weighted by atomic mass is 35.5. The number of halogens is 4. The van der Waals surface area contributed by atoms with Gasteiger partial charge in [0.1, 0.15) is 35.6 Å². The minimum atomic E-state index is -2.92. The molecule has 1 aliphatic heterocycles. The van der Waals surface area contributed by atoms with E-state index in [1.54, 1.807) is 0 Å². The van der Waals surface area contributed by atoms with Crippen LogP contribution in [0.15, 0.2) is 41.5 Å². The van der Waals surface area contributed by atoms with Crippen LogP contribution in [0.4, 0.5) is 18.9 Å². The Morgan fingerprint density at radius 1 is 1.39 bits per heavy atom. The number of aromatic nitrogens is 1. The quantitative estimate of drug-likeness (QED) is 0.805. The number of nitrogens with two attached hydrogens (primary N) is 1. The van der Waals surface area contributed by atoms with Crippen LogP contribution in [0.2, 0.25) is 5.02 Å². The number of carbonyl (C=O) groups excluding carboxylic acids is 1. The molecule has 0 bridgehead atoms. The molecule has 0 aliphatic carbocycles. The Hall–Kier alpha value is -2.65. The van der Waals surface area contributed by atoms with Crippen molar-refractivity contribution < 1.29 is 22.7 Å². The van der Waals surface area contributed by atoms with Gasteiger partial charge >= 0.3 is 0 Å². The fourth-order valence-corrected chi connectivity index (χ4v) is 3.07. The van der Waals surface area contributed by atoms with Crippen molar-refractivity contribution in [2.45, 2.75) is 25.0 Å². The second-order valence-corrected chi connectivity index (χ2v) is 6.76. The molecule has 0 fully saturated rings. The van der Waals surface area contributed by atoms with Gasteiger partial charge in [0.2, 0.25) is 0 Å². The number of amidine groups is 1. The van der Waals surface area contributed by atoms with E-state index in [0.717, 1.165) is 6.07 Å². The maximum Gasteiger partial charge on any atom is 0.274 e. The fourth-order valence-electron chi connectivity index (χ4n) is 2.96. The highest BCUT2D eigenvalue weighted by molar-refractivity contribution is 6.30. The lowest BCUT2D eigenvalue weighted by Gasteiger charge is -2.37. The molecular formula is C18H16ClF3N4O2.